The summed E-state index contributed by atoms with van der Waals surface area (Å²) in [6.07, 6.45) is 1.48. The van der Waals surface area contributed by atoms with Crippen LogP contribution < -0.4 is 10.7 Å². The lowest BCUT2D eigenvalue weighted by molar-refractivity contribution is -0.118. The Morgan fingerprint density at radius 2 is 1.82 bits per heavy atom. The van der Waals surface area contributed by atoms with E-state index in [2.05, 4.69) is 10.3 Å². The molecule has 1 heterocycles. The number of hydrogen-bond acceptors (Lipinski definition) is 3. The van der Waals surface area contributed by atoms with Crippen LogP contribution in [0.2, 0.25) is 0 Å². The zero-order valence-corrected chi connectivity index (χ0v) is 15.4. The summed E-state index contributed by atoms with van der Waals surface area (Å²) in [5, 5.41) is 11.5. The number of halogens is 1. The van der Waals surface area contributed by atoms with E-state index in [0.717, 1.165) is 11.8 Å². The SMILES string of the molecule is CC(C)C(=O)Nc1ccc(Cc2cc(F)c3c(=O)c(C(=O)O)c[nH]c3c2)cc1. The van der Waals surface area contributed by atoms with Crippen molar-refractivity contribution in [3.63, 3.8) is 0 Å². The first-order chi connectivity index (χ1) is 13.3. The molecule has 0 bridgehead atoms. The highest BCUT2D eigenvalue weighted by Gasteiger charge is 2.15. The smallest absolute Gasteiger partial charge is 0.341 e. The van der Waals surface area contributed by atoms with Crippen molar-refractivity contribution in [3.05, 3.63) is 75.3 Å². The molecule has 28 heavy (non-hydrogen) atoms. The number of aromatic carboxylic acids is 1. The van der Waals surface area contributed by atoms with Crippen LogP contribution in [0.5, 0.6) is 0 Å². The zero-order valence-electron chi connectivity index (χ0n) is 15.4. The van der Waals surface area contributed by atoms with Crippen molar-refractivity contribution < 1.29 is 19.1 Å². The summed E-state index contributed by atoms with van der Waals surface area (Å²) in [4.78, 5) is 37.6. The predicted octanol–water partition coefficient (Wildman–Crippen LogP) is 3.55. The van der Waals surface area contributed by atoms with Crippen LogP contribution in [-0.2, 0) is 11.2 Å². The topological polar surface area (TPSA) is 99.3 Å². The molecule has 0 unspecified atom stereocenters. The monoisotopic (exact) mass is 382 g/mol. The minimum atomic E-state index is -1.41. The van der Waals surface area contributed by atoms with E-state index in [1.807, 2.05) is 26.0 Å². The molecule has 144 valence electrons. The fraction of sp³-hybridized carbons (Fsp3) is 0.190. The van der Waals surface area contributed by atoms with Gasteiger partial charge in [0.25, 0.3) is 0 Å². The molecule has 0 aliphatic carbocycles. The van der Waals surface area contributed by atoms with Gasteiger partial charge in [-0.1, -0.05) is 26.0 Å². The number of benzene rings is 2. The zero-order chi connectivity index (χ0) is 20.4. The summed E-state index contributed by atoms with van der Waals surface area (Å²) in [6.45, 7) is 3.61. The minimum absolute atomic E-state index is 0.0750. The number of rotatable bonds is 5. The number of fused-ring (bicyclic) bond motifs is 1. The molecule has 0 atom stereocenters. The number of nitrogens with one attached hydrogen (secondary N) is 2. The highest BCUT2D eigenvalue weighted by Crippen LogP contribution is 2.20. The minimum Gasteiger partial charge on any atom is -0.477 e. The van der Waals surface area contributed by atoms with Crippen molar-refractivity contribution in [2.24, 2.45) is 5.92 Å². The first-order valence-electron chi connectivity index (χ1n) is 8.73. The molecule has 0 aliphatic rings. The van der Waals surface area contributed by atoms with Gasteiger partial charge in [0.2, 0.25) is 11.3 Å². The number of carbonyl (C=O) groups excluding carboxylic acids is 1. The lowest BCUT2D eigenvalue weighted by Gasteiger charge is -2.09. The van der Waals surface area contributed by atoms with Gasteiger partial charge in [-0.25, -0.2) is 9.18 Å². The molecule has 0 spiro atoms. The average molecular weight is 382 g/mol. The first-order valence-corrected chi connectivity index (χ1v) is 8.73. The summed E-state index contributed by atoms with van der Waals surface area (Å²) in [6, 6.07) is 10.1. The van der Waals surface area contributed by atoms with E-state index in [-0.39, 0.29) is 22.7 Å². The van der Waals surface area contributed by atoms with Crippen LogP contribution >= 0.6 is 0 Å². The lowest BCUT2D eigenvalue weighted by atomic mass is 10.0. The van der Waals surface area contributed by atoms with Gasteiger partial charge in [0.15, 0.2) is 0 Å². The van der Waals surface area contributed by atoms with Crippen molar-refractivity contribution >= 4 is 28.5 Å². The molecule has 3 aromatic rings. The van der Waals surface area contributed by atoms with E-state index in [9.17, 15) is 18.8 Å². The van der Waals surface area contributed by atoms with Crippen molar-refractivity contribution in [1.29, 1.82) is 0 Å². The highest BCUT2D eigenvalue weighted by molar-refractivity contribution is 5.93. The number of H-pyrrole nitrogens is 1. The number of carboxylic acids is 1. The number of amides is 1. The van der Waals surface area contributed by atoms with Crippen molar-refractivity contribution in [2.45, 2.75) is 20.3 Å². The van der Waals surface area contributed by atoms with E-state index in [1.54, 1.807) is 18.2 Å². The van der Waals surface area contributed by atoms with Gasteiger partial charge in [-0.05, 0) is 41.8 Å². The Balaban J connectivity index is 1.87. The maximum Gasteiger partial charge on any atom is 0.341 e. The first kappa shape index (κ1) is 19.3. The molecule has 0 fully saturated rings. The normalized spacial score (nSPS) is 11.0. The van der Waals surface area contributed by atoms with Crippen LogP contribution in [0.15, 0.2) is 47.4 Å². The van der Waals surface area contributed by atoms with Crippen molar-refractivity contribution in [1.82, 2.24) is 4.98 Å². The van der Waals surface area contributed by atoms with Crippen molar-refractivity contribution in [3.8, 4) is 0 Å². The number of carbonyl (C=O) groups is 2. The summed E-state index contributed by atoms with van der Waals surface area (Å²) in [7, 11) is 0. The fourth-order valence-corrected chi connectivity index (χ4v) is 2.85. The molecule has 0 saturated heterocycles. The Morgan fingerprint density at radius 1 is 1.14 bits per heavy atom. The second kappa shape index (κ2) is 7.64. The Labute approximate surface area is 160 Å². The van der Waals surface area contributed by atoms with E-state index < -0.39 is 22.8 Å². The number of anilines is 1. The Kier molecular flexibility index (Phi) is 5.26. The molecule has 1 amide bonds. The summed E-state index contributed by atoms with van der Waals surface area (Å²) >= 11 is 0. The third-order valence-corrected chi connectivity index (χ3v) is 4.38. The Hall–Kier alpha value is -3.48. The van der Waals surface area contributed by atoms with Gasteiger partial charge in [0.05, 0.1) is 10.9 Å². The van der Waals surface area contributed by atoms with E-state index in [0.29, 0.717) is 17.7 Å². The molecule has 3 N–H and O–H groups in total. The molecule has 2 aromatic carbocycles. The number of hydrogen-bond donors (Lipinski definition) is 3. The Morgan fingerprint density at radius 3 is 2.43 bits per heavy atom. The summed E-state index contributed by atoms with van der Waals surface area (Å²) in [5.41, 5.74) is 1.09. The third kappa shape index (κ3) is 3.93. The molecule has 1 aromatic heterocycles. The van der Waals surface area contributed by atoms with Gasteiger partial charge in [-0.15, -0.1) is 0 Å². The van der Waals surface area contributed by atoms with Gasteiger partial charge in [0, 0.05) is 17.8 Å². The van der Waals surface area contributed by atoms with E-state index in [4.69, 9.17) is 5.11 Å². The highest BCUT2D eigenvalue weighted by atomic mass is 19.1. The largest absolute Gasteiger partial charge is 0.477 e. The molecular weight excluding hydrogens is 363 g/mol. The maximum atomic E-state index is 14.5. The average Bonchev–Trinajstić information content (AvgIpc) is 2.62. The van der Waals surface area contributed by atoms with Crippen LogP contribution in [-0.4, -0.2) is 22.0 Å². The summed E-state index contributed by atoms with van der Waals surface area (Å²) < 4.78 is 14.5. The van der Waals surface area contributed by atoms with E-state index in [1.165, 1.54) is 6.07 Å². The molecular formula is C21H19FN2O4. The molecule has 0 aliphatic heterocycles. The molecule has 3 rings (SSSR count). The number of aromatic nitrogens is 1. The predicted molar refractivity (Wildman–Crippen MR) is 104 cm³/mol. The molecule has 0 radical (unpaired) electrons. The number of aromatic amines is 1. The molecule has 0 saturated carbocycles. The van der Waals surface area contributed by atoms with Crippen LogP contribution in [0.3, 0.4) is 0 Å². The second-order valence-electron chi connectivity index (χ2n) is 6.85. The van der Waals surface area contributed by atoms with Gasteiger partial charge in [0.1, 0.15) is 11.4 Å². The van der Waals surface area contributed by atoms with Crippen LogP contribution in [0.4, 0.5) is 10.1 Å². The number of carboxylic acid groups (broad SMARTS) is 1. The quantitative estimate of drug-likeness (QED) is 0.628. The standard InChI is InChI=1S/C21H19FN2O4/c1-11(2)20(26)24-14-5-3-12(4-6-14)7-13-8-16(22)18-17(9-13)23-10-15(19(18)25)21(27)28/h3-6,8-11H,7H2,1-2H3,(H,23,25)(H,24,26)(H,27,28). The van der Waals surface area contributed by atoms with Crippen LogP contribution in [0, 0.1) is 11.7 Å². The van der Waals surface area contributed by atoms with Gasteiger partial charge in [-0.2, -0.15) is 0 Å². The van der Waals surface area contributed by atoms with Gasteiger partial charge < -0.3 is 15.4 Å². The van der Waals surface area contributed by atoms with Gasteiger partial charge >= 0.3 is 5.97 Å². The maximum absolute atomic E-state index is 14.5. The molecule has 6 nitrogen and oxygen atoms in total. The molecule has 7 heteroatoms. The van der Waals surface area contributed by atoms with Crippen molar-refractivity contribution in [2.75, 3.05) is 5.32 Å². The van der Waals surface area contributed by atoms with E-state index >= 15 is 0 Å². The summed E-state index contributed by atoms with van der Waals surface area (Å²) in [5.74, 6) is -2.37. The Bertz CT molecular complexity index is 1120. The van der Waals surface area contributed by atoms with Crippen LogP contribution in [0.1, 0.15) is 35.3 Å². The third-order valence-electron chi connectivity index (χ3n) is 4.38. The van der Waals surface area contributed by atoms with Gasteiger partial charge in [-0.3, -0.25) is 9.59 Å². The lowest BCUT2D eigenvalue weighted by Crippen LogP contribution is -2.17. The van der Waals surface area contributed by atoms with Crippen LogP contribution in [0.25, 0.3) is 10.9 Å². The second-order valence-corrected chi connectivity index (χ2v) is 6.85. The fourth-order valence-electron chi connectivity index (χ4n) is 2.85. The number of pyridine rings is 1.